The second-order valence-corrected chi connectivity index (χ2v) is 8.66. The number of nitrogens with zero attached hydrogens (tertiary/aromatic N) is 3. The first-order valence-electron chi connectivity index (χ1n) is 8.72. The molecule has 144 valence electrons. The van der Waals surface area contributed by atoms with Gasteiger partial charge < -0.3 is 10.2 Å². The van der Waals surface area contributed by atoms with Gasteiger partial charge in [0.15, 0.2) is 21.5 Å². The van der Waals surface area contributed by atoms with Crippen LogP contribution in [0.1, 0.15) is 18.9 Å². The summed E-state index contributed by atoms with van der Waals surface area (Å²) in [5.74, 6) is 0.299. The average molecular weight is 392 g/mol. The van der Waals surface area contributed by atoms with E-state index in [1.54, 1.807) is 30.3 Å². The summed E-state index contributed by atoms with van der Waals surface area (Å²) in [7, 11) is -2.99. The molecule has 1 amide bonds. The molecule has 2 heterocycles. The summed E-state index contributed by atoms with van der Waals surface area (Å²) in [5, 5.41) is 10.7. The van der Waals surface area contributed by atoms with E-state index in [4.69, 9.17) is 0 Å². The average Bonchev–Trinajstić information content (AvgIpc) is 2.99. The van der Waals surface area contributed by atoms with Crippen LogP contribution in [0.4, 0.5) is 16.0 Å². The van der Waals surface area contributed by atoms with Crippen molar-refractivity contribution < 1.29 is 17.6 Å². The lowest BCUT2D eigenvalue weighted by atomic mass is 10.1. The van der Waals surface area contributed by atoms with Crippen LogP contribution in [0.25, 0.3) is 0 Å². The van der Waals surface area contributed by atoms with E-state index >= 15 is 0 Å². The first-order valence-corrected chi connectivity index (χ1v) is 10.5. The lowest BCUT2D eigenvalue weighted by Crippen LogP contribution is -2.36. The molecule has 1 aliphatic heterocycles. The number of rotatable bonds is 6. The number of carbonyl (C=O) groups excluding carboxylic acids is 1. The Balaban J connectivity index is 1.64. The molecule has 0 aliphatic carbocycles. The second kappa shape index (κ2) is 7.99. The number of aromatic nitrogens is 2. The van der Waals surface area contributed by atoms with Crippen LogP contribution >= 0.6 is 0 Å². The van der Waals surface area contributed by atoms with Crippen molar-refractivity contribution in [3.8, 4) is 0 Å². The van der Waals surface area contributed by atoms with E-state index in [9.17, 15) is 17.6 Å². The molecule has 1 aromatic carbocycles. The Morgan fingerprint density at radius 3 is 2.63 bits per heavy atom. The van der Waals surface area contributed by atoms with E-state index in [-0.39, 0.29) is 29.8 Å². The molecular formula is C18H21FN4O3S. The molecule has 0 saturated carbocycles. The van der Waals surface area contributed by atoms with E-state index in [1.165, 1.54) is 6.07 Å². The molecule has 9 heteroatoms. The number of hydrogen-bond acceptors (Lipinski definition) is 6. The standard InChI is InChI=1S/C18H21FN4O3S/c1-2-23(14-9-10-27(25,26)12-14)17-8-7-16(21-22-17)20-18(24)11-13-5-3-4-6-15(13)19/h3-8,14H,2,9-12H2,1H3,(H,20,21,24). The first kappa shape index (κ1) is 19.2. The van der Waals surface area contributed by atoms with Gasteiger partial charge in [0.2, 0.25) is 5.91 Å². The van der Waals surface area contributed by atoms with Gasteiger partial charge in [-0.15, -0.1) is 10.2 Å². The zero-order valence-corrected chi connectivity index (χ0v) is 15.7. The molecule has 0 bridgehead atoms. The smallest absolute Gasteiger partial charge is 0.230 e. The predicted octanol–water partition coefficient (Wildman–Crippen LogP) is 1.81. The van der Waals surface area contributed by atoms with Crippen LogP contribution in [0.3, 0.4) is 0 Å². The third-order valence-corrected chi connectivity index (χ3v) is 6.26. The van der Waals surface area contributed by atoms with Crippen molar-refractivity contribution in [2.24, 2.45) is 0 Å². The number of hydrogen-bond donors (Lipinski definition) is 1. The molecule has 1 aliphatic rings. The summed E-state index contributed by atoms with van der Waals surface area (Å²) in [6.07, 6.45) is 0.468. The molecule has 1 aromatic heterocycles. The van der Waals surface area contributed by atoms with Gasteiger partial charge in [0.25, 0.3) is 0 Å². The van der Waals surface area contributed by atoms with E-state index < -0.39 is 21.6 Å². The minimum absolute atomic E-state index is 0.100. The third-order valence-electron chi connectivity index (χ3n) is 4.51. The van der Waals surface area contributed by atoms with Crippen molar-refractivity contribution in [1.29, 1.82) is 0 Å². The Bertz CT molecular complexity index is 918. The molecule has 1 N–H and O–H groups in total. The SMILES string of the molecule is CCN(c1ccc(NC(=O)Cc2ccccc2F)nn1)C1CCS(=O)(=O)C1. The van der Waals surface area contributed by atoms with Crippen molar-refractivity contribution >= 4 is 27.4 Å². The van der Waals surface area contributed by atoms with Crippen molar-refractivity contribution in [1.82, 2.24) is 10.2 Å². The van der Waals surface area contributed by atoms with Crippen LogP contribution in [0.15, 0.2) is 36.4 Å². The molecular weight excluding hydrogens is 371 g/mol. The topological polar surface area (TPSA) is 92.3 Å². The van der Waals surface area contributed by atoms with Gasteiger partial charge in [0, 0.05) is 12.6 Å². The zero-order valence-electron chi connectivity index (χ0n) is 14.9. The fraction of sp³-hybridized carbons (Fsp3) is 0.389. The fourth-order valence-corrected chi connectivity index (χ4v) is 4.91. The molecule has 2 aromatic rings. The van der Waals surface area contributed by atoms with Crippen molar-refractivity contribution in [2.75, 3.05) is 28.3 Å². The summed E-state index contributed by atoms with van der Waals surface area (Å²) >= 11 is 0. The maximum atomic E-state index is 13.6. The minimum atomic E-state index is -2.99. The van der Waals surface area contributed by atoms with Gasteiger partial charge in [-0.3, -0.25) is 4.79 Å². The van der Waals surface area contributed by atoms with E-state index in [0.717, 1.165) is 0 Å². The Morgan fingerprint density at radius 2 is 2.04 bits per heavy atom. The molecule has 1 saturated heterocycles. The van der Waals surface area contributed by atoms with Gasteiger partial charge in [0.1, 0.15) is 5.82 Å². The van der Waals surface area contributed by atoms with E-state index in [0.29, 0.717) is 24.3 Å². The van der Waals surface area contributed by atoms with Crippen molar-refractivity contribution in [2.45, 2.75) is 25.8 Å². The van der Waals surface area contributed by atoms with Crippen molar-refractivity contribution in [3.05, 3.63) is 47.8 Å². The van der Waals surface area contributed by atoms with Crippen LogP contribution in [-0.4, -0.2) is 48.6 Å². The molecule has 1 atom stereocenters. The van der Waals surface area contributed by atoms with Gasteiger partial charge in [-0.05, 0) is 37.1 Å². The summed E-state index contributed by atoms with van der Waals surface area (Å²) in [6, 6.07) is 9.28. The molecule has 1 fully saturated rings. The zero-order chi connectivity index (χ0) is 19.4. The molecule has 27 heavy (non-hydrogen) atoms. The quantitative estimate of drug-likeness (QED) is 0.806. The normalized spacial score (nSPS) is 18.2. The van der Waals surface area contributed by atoms with Gasteiger partial charge >= 0.3 is 0 Å². The van der Waals surface area contributed by atoms with Gasteiger partial charge in [-0.25, -0.2) is 12.8 Å². The van der Waals surface area contributed by atoms with Crippen LogP contribution in [0, 0.1) is 5.82 Å². The Hall–Kier alpha value is -2.55. The predicted molar refractivity (Wildman–Crippen MR) is 101 cm³/mol. The lowest BCUT2D eigenvalue weighted by Gasteiger charge is -2.27. The van der Waals surface area contributed by atoms with Gasteiger partial charge in [-0.1, -0.05) is 18.2 Å². The molecule has 1 unspecified atom stereocenters. The second-order valence-electron chi connectivity index (χ2n) is 6.44. The number of carbonyl (C=O) groups is 1. The summed E-state index contributed by atoms with van der Waals surface area (Å²) in [5.41, 5.74) is 0.305. The Morgan fingerprint density at radius 1 is 1.26 bits per heavy atom. The largest absolute Gasteiger partial charge is 0.351 e. The Labute approximate surface area is 157 Å². The maximum Gasteiger partial charge on any atom is 0.230 e. The van der Waals surface area contributed by atoms with E-state index in [1.807, 2.05) is 11.8 Å². The number of nitrogens with one attached hydrogen (secondary N) is 1. The third kappa shape index (κ3) is 4.79. The van der Waals surface area contributed by atoms with Crippen LogP contribution in [-0.2, 0) is 21.1 Å². The highest BCUT2D eigenvalue weighted by Crippen LogP contribution is 2.22. The Kier molecular flexibility index (Phi) is 5.69. The monoisotopic (exact) mass is 392 g/mol. The molecule has 7 nitrogen and oxygen atoms in total. The van der Waals surface area contributed by atoms with Crippen LogP contribution in [0.5, 0.6) is 0 Å². The van der Waals surface area contributed by atoms with Crippen LogP contribution < -0.4 is 10.2 Å². The molecule has 3 rings (SSSR count). The molecule has 0 spiro atoms. The number of halogens is 1. The highest BCUT2D eigenvalue weighted by molar-refractivity contribution is 7.91. The van der Waals surface area contributed by atoms with Gasteiger partial charge in [-0.2, -0.15) is 0 Å². The fourth-order valence-electron chi connectivity index (χ4n) is 3.18. The summed E-state index contributed by atoms with van der Waals surface area (Å²) < 4.78 is 37.0. The number of sulfone groups is 1. The maximum absolute atomic E-state index is 13.6. The number of anilines is 2. The molecule has 0 radical (unpaired) electrons. The summed E-state index contributed by atoms with van der Waals surface area (Å²) in [4.78, 5) is 14.0. The lowest BCUT2D eigenvalue weighted by molar-refractivity contribution is -0.115. The number of benzene rings is 1. The van der Waals surface area contributed by atoms with Gasteiger partial charge in [0.05, 0.1) is 17.9 Å². The van der Waals surface area contributed by atoms with E-state index in [2.05, 4.69) is 15.5 Å². The van der Waals surface area contributed by atoms with Crippen molar-refractivity contribution in [3.63, 3.8) is 0 Å². The highest BCUT2D eigenvalue weighted by Gasteiger charge is 2.32. The number of amides is 1. The van der Waals surface area contributed by atoms with Crippen LogP contribution in [0.2, 0.25) is 0 Å². The summed E-state index contributed by atoms with van der Waals surface area (Å²) in [6.45, 7) is 2.53. The first-order chi connectivity index (χ1) is 12.9. The minimum Gasteiger partial charge on any atom is -0.351 e. The highest BCUT2D eigenvalue weighted by atomic mass is 32.2.